The number of amides is 1. The first-order valence-electron chi connectivity index (χ1n) is 9.96. The summed E-state index contributed by atoms with van der Waals surface area (Å²) in [7, 11) is 1.43. The van der Waals surface area contributed by atoms with E-state index in [1.54, 1.807) is 4.90 Å². The van der Waals surface area contributed by atoms with Crippen LogP contribution in [0.25, 0.3) is 0 Å². The van der Waals surface area contributed by atoms with Crippen LogP contribution < -0.4 is 15.4 Å². The van der Waals surface area contributed by atoms with Gasteiger partial charge in [-0.05, 0) is 26.8 Å². The molecule has 0 bridgehead atoms. The first kappa shape index (κ1) is 22.2. The Hall–Kier alpha value is -3.45. The molecule has 1 amide bonds. The second-order valence-electron chi connectivity index (χ2n) is 7.22. The summed E-state index contributed by atoms with van der Waals surface area (Å²) < 4.78 is 25.9. The summed E-state index contributed by atoms with van der Waals surface area (Å²) in [6.07, 6.45) is 1.12. The SMILES string of the molecule is CCNc1nc(Nc2cc(F)c(C(=O)N3C[C@@H](C)O[C@@H](C)C3)cc2OC)ncc1C#N. The van der Waals surface area contributed by atoms with E-state index in [-0.39, 0.29) is 35.2 Å². The minimum Gasteiger partial charge on any atom is -0.495 e. The lowest BCUT2D eigenvalue weighted by Crippen LogP contribution is -2.48. The number of aromatic nitrogens is 2. The number of benzene rings is 1. The van der Waals surface area contributed by atoms with Gasteiger partial charge in [-0.25, -0.2) is 9.37 Å². The summed E-state index contributed by atoms with van der Waals surface area (Å²) in [6, 6.07) is 4.54. The van der Waals surface area contributed by atoms with E-state index < -0.39 is 11.7 Å². The van der Waals surface area contributed by atoms with E-state index in [1.165, 1.54) is 25.4 Å². The quantitative estimate of drug-likeness (QED) is 0.722. The number of halogens is 1. The van der Waals surface area contributed by atoms with Crippen molar-refractivity contribution in [1.82, 2.24) is 14.9 Å². The van der Waals surface area contributed by atoms with Gasteiger partial charge >= 0.3 is 0 Å². The topological polar surface area (TPSA) is 112 Å². The Morgan fingerprint density at radius 1 is 1.39 bits per heavy atom. The second-order valence-corrected chi connectivity index (χ2v) is 7.22. The van der Waals surface area contributed by atoms with E-state index in [0.717, 1.165) is 0 Å². The number of ether oxygens (including phenoxy) is 2. The van der Waals surface area contributed by atoms with Crippen molar-refractivity contribution in [3.05, 3.63) is 35.3 Å². The van der Waals surface area contributed by atoms with E-state index in [0.29, 0.717) is 31.0 Å². The van der Waals surface area contributed by atoms with Gasteiger partial charge in [-0.2, -0.15) is 10.2 Å². The van der Waals surface area contributed by atoms with Gasteiger partial charge in [-0.3, -0.25) is 4.79 Å². The van der Waals surface area contributed by atoms with Crippen LogP contribution in [0.15, 0.2) is 18.3 Å². The highest BCUT2D eigenvalue weighted by atomic mass is 19.1. The van der Waals surface area contributed by atoms with Crippen molar-refractivity contribution in [2.75, 3.05) is 37.4 Å². The van der Waals surface area contributed by atoms with Gasteiger partial charge in [0.25, 0.3) is 5.91 Å². The summed E-state index contributed by atoms with van der Waals surface area (Å²) in [5.41, 5.74) is 0.464. The van der Waals surface area contributed by atoms with Crippen LogP contribution in [0.1, 0.15) is 36.7 Å². The molecule has 2 N–H and O–H groups in total. The van der Waals surface area contributed by atoms with Crippen molar-refractivity contribution >= 4 is 23.4 Å². The van der Waals surface area contributed by atoms with E-state index in [2.05, 4.69) is 20.6 Å². The molecule has 0 radical (unpaired) electrons. The van der Waals surface area contributed by atoms with Crippen molar-refractivity contribution in [3.63, 3.8) is 0 Å². The number of morpholine rings is 1. The molecule has 31 heavy (non-hydrogen) atoms. The molecule has 164 valence electrons. The summed E-state index contributed by atoms with van der Waals surface area (Å²) >= 11 is 0. The normalized spacial score (nSPS) is 18.3. The number of carbonyl (C=O) groups is 1. The molecular weight excluding hydrogens is 403 g/mol. The Bertz CT molecular complexity index is 999. The predicted octanol–water partition coefficient (Wildman–Crippen LogP) is 2.92. The molecule has 1 saturated heterocycles. The van der Waals surface area contributed by atoms with Crippen LogP contribution in [0.4, 0.5) is 21.8 Å². The number of carbonyl (C=O) groups excluding carboxylic acids is 1. The third-order valence-corrected chi connectivity index (χ3v) is 4.73. The van der Waals surface area contributed by atoms with Crippen LogP contribution >= 0.6 is 0 Å². The molecule has 1 aliphatic rings. The van der Waals surface area contributed by atoms with Gasteiger partial charge in [0.15, 0.2) is 0 Å². The molecule has 2 aromatic rings. The van der Waals surface area contributed by atoms with Crippen molar-refractivity contribution in [1.29, 1.82) is 5.26 Å². The standard InChI is InChI=1S/C21H25FN6O3/c1-5-24-19-14(8-23)9-25-21(27-19)26-17-7-16(22)15(6-18(17)30-4)20(29)28-10-12(2)31-13(3)11-28/h6-7,9,12-13H,5,10-11H2,1-4H3,(H2,24,25,26,27)/t12-,13+. The minimum absolute atomic E-state index is 0.0854. The zero-order valence-electron chi connectivity index (χ0n) is 17.9. The van der Waals surface area contributed by atoms with Crippen molar-refractivity contribution in [2.24, 2.45) is 0 Å². The lowest BCUT2D eigenvalue weighted by molar-refractivity contribution is -0.0587. The average Bonchev–Trinajstić information content (AvgIpc) is 2.73. The molecule has 1 aliphatic heterocycles. The Labute approximate surface area is 180 Å². The maximum atomic E-state index is 14.9. The minimum atomic E-state index is -0.694. The number of methoxy groups -OCH3 is 1. The highest BCUT2D eigenvalue weighted by molar-refractivity contribution is 5.96. The highest BCUT2D eigenvalue weighted by Gasteiger charge is 2.29. The number of nitrogens with one attached hydrogen (secondary N) is 2. The lowest BCUT2D eigenvalue weighted by atomic mass is 10.1. The molecule has 3 rings (SSSR count). The molecule has 0 aliphatic carbocycles. The average molecular weight is 428 g/mol. The highest BCUT2D eigenvalue weighted by Crippen LogP contribution is 2.31. The van der Waals surface area contributed by atoms with Gasteiger partial charge in [-0.1, -0.05) is 0 Å². The van der Waals surface area contributed by atoms with Gasteiger partial charge < -0.3 is 25.0 Å². The van der Waals surface area contributed by atoms with Crippen LogP contribution in [-0.4, -0.2) is 59.7 Å². The predicted molar refractivity (Wildman–Crippen MR) is 113 cm³/mol. The summed E-state index contributed by atoms with van der Waals surface area (Å²) in [6.45, 7) is 6.96. The Morgan fingerprint density at radius 3 is 2.71 bits per heavy atom. The molecule has 1 aromatic heterocycles. The summed E-state index contributed by atoms with van der Waals surface area (Å²) in [5.74, 6) is -0.335. The van der Waals surface area contributed by atoms with E-state index in [1.807, 2.05) is 26.8 Å². The third kappa shape index (κ3) is 5.00. The largest absolute Gasteiger partial charge is 0.495 e. The molecule has 0 saturated carbocycles. The number of hydrogen-bond acceptors (Lipinski definition) is 8. The van der Waals surface area contributed by atoms with E-state index in [9.17, 15) is 9.18 Å². The van der Waals surface area contributed by atoms with Gasteiger partial charge in [0.1, 0.15) is 29.0 Å². The molecule has 2 atom stereocenters. The zero-order valence-corrected chi connectivity index (χ0v) is 17.9. The lowest BCUT2D eigenvalue weighted by Gasteiger charge is -2.35. The van der Waals surface area contributed by atoms with Crippen molar-refractivity contribution < 1.29 is 18.7 Å². The van der Waals surface area contributed by atoms with Gasteiger partial charge in [-0.15, -0.1) is 0 Å². The zero-order chi connectivity index (χ0) is 22.5. The summed E-state index contributed by atoms with van der Waals surface area (Å²) in [5, 5.41) is 15.0. The third-order valence-electron chi connectivity index (χ3n) is 4.73. The fourth-order valence-corrected chi connectivity index (χ4v) is 3.44. The Morgan fingerprint density at radius 2 is 2.10 bits per heavy atom. The molecule has 2 heterocycles. The number of rotatable bonds is 6. The van der Waals surface area contributed by atoms with Gasteiger partial charge in [0.2, 0.25) is 5.95 Å². The number of anilines is 3. The van der Waals surface area contributed by atoms with Crippen molar-refractivity contribution in [3.8, 4) is 11.8 Å². The Kier molecular flexibility index (Phi) is 6.87. The van der Waals surface area contributed by atoms with Crippen LogP contribution in [-0.2, 0) is 4.74 Å². The smallest absolute Gasteiger partial charge is 0.257 e. The molecule has 0 spiro atoms. The fraction of sp³-hybridized carbons (Fsp3) is 0.429. The first-order chi connectivity index (χ1) is 14.9. The number of hydrogen-bond donors (Lipinski definition) is 2. The maximum Gasteiger partial charge on any atom is 0.257 e. The fourth-order valence-electron chi connectivity index (χ4n) is 3.44. The van der Waals surface area contributed by atoms with E-state index in [4.69, 9.17) is 14.7 Å². The van der Waals surface area contributed by atoms with Crippen LogP contribution in [0.3, 0.4) is 0 Å². The summed E-state index contributed by atoms with van der Waals surface area (Å²) in [4.78, 5) is 22.9. The van der Waals surface area contributed by atoms with Gasteiger partial charge in [0, 0.05) is 25.7 Å². The first-order valence-corrected chi connectivity index (χ1v) is 9.96. The van der Waals surface area contributed by atoms with Crippen molar-refractivity contribution in [2.45, 2.75) is 33.0 Å². The van der Waals surface area contributed by atoms with E-state index >= 15 is 0 Å². The second kappa shape index (κ2) is 9.57. The molecule has 1 fully saturated rings. The molecular formula is C21H25FN6O3. The number of nitriles is 1. The molecule has 1 aromatic carbocycles. The molecule has 10 heteroatoms. The monoisotopic (exact) mass is 428 g/mol. The number of nitrogens with zero attached hydrogens (tertiary/aromatic N) is 4. The van der Waals surface area contributed by atoms with Crippen LogP contribution in [0.2, 0.25) is 0 Å². The Balaban J connectivity index is 1.89. The molecule has 0 unspecified atom stereocenters. The van der Waals surface area contributed by atoms with Gasteiger partial charge in [0.05, 0.1) is 36.8 Å². The van der Waals surface area contributed by atoms with Crippen LogP contribution in [0.5, 0.6) is 5.75 Å². The molecule has 9 nitrogen and oxygen atoms in total. The maximum absolute atomic E-state index is 14.9. The van der Waals surface area contributed by atoms with Crippen LogP contribution in [0, 0.1) is 17.1 Å².